The van der Waals surface area contributed by atoms with Gasteiger partial charge in [0.05, 0.1) is 5.56 Å². The van der Waals surface area contributed by atoms with Crippen molar-refractivity contribution in [1.29, 1.82) is 0 Å². The van der Waals surface area contributed by atoms with Crippen LogP contribution >= 0.6 is 0 Å². The summed E-state index contributed by atoms with van der Waals surface area (Å²) in [5, 5.41) is 13.5. The SMILES string of the molecule is O=C(O)c1cccc(NC(=O)C2(C(F)(F)F)CCNC2)c1. The molecule has 1 unspecified atom stereocenters. The number of amides is 1. The summed E-state index contributed by atoms with van der Waals surface area (Å²) in [6, 6.07) is 5.10. The monoisotopic (exact) mass is 302 g/mol. The highest BCUT2D eigenvalue weighted by molar-refractivity contribution is 5.97. The lowest BCUT2D eigenvalue weighted by atomic mass is 9.85. The Labute approximate surface area is 118 Å². The summed E-state index contributed by atoms with van der Waals surface area (Å²) in [5.74, 6) is -2.40. The molecule has 2 rings (SSSR count). The Morgan fingerprint density at radius 1 is 1.33 bits per heavy atom. The fourth-order valence-electron chi connectivity index (χ4n) is 2.24. The second-order valence-corrected chi connectivity index (χ2v) is 4.85. The number of carbonyl (C=O) groups excluding carboxylic acids is 1. The number of anilines is 1. The first kappa shape index (κ1) is 15.3. The minimum Gasteiger partial charge on any atom is -0.478 e. The van der Waals surface area contributed by atoms with Crippen LogP contribution in [0.3, 0.4) is 0 Å². The molecule has 0 aliphatic carbocycles. The molecule has 1 aromatic rings. The maximum atomic E-state index is 13.2. The summed E-state index contributed by atoms with van der Waals surface area (Å²) in [6.07, 6.45) is -5.02. The van der Waals surface area contributed by atoms with Crippen LogP contribution in [0.15, 0.2) is 24.3 Å². The fraction of sp³-hybridized carbons (Fsp3) is 0.385. The van der Waals surface area contributed by atoms with E-state index in [1.165, 1.54) is 18.2 Å². The van der Waals surface area contributed by atoms with Crippen LogP contribution in [0.2, 0.25) is 0 Å². The first-order valence-electron chi connectivity index (χ1n) is 6.18. The summed E-state index contributed by atoms with van der Waals surface area (Å²) >= 11 is 0. The maximum Gasteiger partial charge on any atom is 0.404 e. The van der Waals surface area contributed by atoms with E-state index in [1.54, 1.807) is 0 Å². The van der Waals surface area contributed by atoms with Crippen LogP contribution in [0.5, 0.6) is 0 Å². The second-order valence-electron chi connectivity index (χ2n) is 4.85. The number of carboxylic acid groups (broad SMARTS) is 1. The van der Waals surface area contributed by atoms with E-state index < -0.39 is 30.0 Å². The molecular formula is C13H13F3N2O3. The van der Waals surface area contributed by atoms with Gasteiger partial charge in [0.15, 0.2) is 5.41 Å². The van der Waals surface area contributed by atoms with Crippen LogP contribution in [-0.2, 0) is 4.79 Å². The molecule has 0 radical (unpaired) electrons. The number of alkyl halides is 3. The summed E-state index contributed by atoms with van der Waals surface area (Å²) in [4.78, 5) is 22.9. The van der Waals surface area contributed by atoms with Crippen LogP contribution in [-0.4, -0.2) is 36.2 Å². The molecule has 1 aliphatic heterocycles. The molecule has 1 amide bonds. The Balaban J connectivity index is 2.24. The third-order valence-corrected chi connectivity index (χ3v) is 3.50. The van der Waals surface area contributed by atoms with E-state index in [0.29, 0.717) is 0 Å². The van der Waals surface area contributed by atoms with Crippen molar-refractivity contribution in [2.45, 2.75) is 12.6 Å². The Bertz CT molecular complexity index is 566. The number of aromatic carboxylic acids is 1. The van der Waals surface area contributed by atoms with Gasteiger partial charge in [-0.3, -0.25) is 4.79 Å². The minimum absolute atomic E-state index is 0.0235. The van der Waals surface area contributed by atoms with Crippen molar-refractivity contribution in [2.75, 3.05) is 18.4 Å². The lowest BCUT2D eigenvalue weighted by Crippen LogP contribution is -2.49. The van der Waals surface area contributed by atoms with Crippen LogP contribution in [0.4, 0.5) is 18.9 Å². The molecule has 3 N–H and O–H groups in total. The third-order valence-electron chi connectivity index (χ3n) is 3.50. The molecule has 0 aromatic heterocycles. The van der Waals surface area contributed by atoms with Gasteiger partial charge in [-0.25, -0.2) is 4.79 Å². The number of hydrogen-bond acceptors (Lipinski definition) is 3. The van der Waals surface area contributed by atoms with Crippen molar-refractivity contribution in [1.82, 2.24) is 5.32 Å². The van der Waals surface area contributed by atoms with Crippen LogP contribution in [0.1, 0.15) is 16.8 Å². The molecule has 1 aliphatic rings. The van der Waals surface area contributed by atoms with Crippen molar-refractivity contribution >= 4 is 17.6 Å². The van der Waals surface area contributed by atoms with Crippen molar-refractivity contribution in [3.63, 3.8) is 0 Å². The molecule has 1 fully saturated rings. The number of benzene rings is 1. The van der Waals surface area contributed by atoms with Gasteiger partial charge in [0.25, 0.3) is 0 Å². The van der Waals surface area contributed by atoms with E-state index in [9.17, 15) is 22.8 Å². The minimum atomic E-state index is -4.68. The number of hydrogen-bond donors (Lipinski definition) is 3. The van der Waals surface area contributed by atoms with E-state index in [1.807, 2.05) is 0 Å². The number of rotatable bonds is 3. The highest BCUT2D eigenvalue weighted by Crippen LogP contribution is 2.43. The van der Waals surface area contributed by atoms with Gasteiger partial charge in [0.1, 0.15) is 0 Å². The van der Waals surface area contributed by atoms with Gasteiger partial charge in [-0.2, -0.15) is 13.2 Å². The van der Waals surface area contributed by atoms with Gasteiger partial charge in [-0.05, 0) is 31.2 Å². The van der Waals surface area contributed by atoms with E-state index in [0.717, 1.165) is 6.07 Å². The summed E-state index contributed by atoms with van der Waals surface area (Å²) in [6.45, 7) is -0.386. The zero-order valence-corrected chi connectivity index (χ0v) is 10.8. The Morgan fingerprint density at radius 2 is 2.05 bits per heavy atom. The van der Waals surface area contributed by atoms with Gasteiger partial charge < -0.3 is 15.7 Å². The van der Waals surface area contributed by atoms with Crippen LogP contribution in [0.25, 0.3) is 0 Å². The Hall–Kier alpha value is -2.09. The molecule has 1 saturated heterocycles. The summed E-state index contributed by atoms with van der Waals surface area (Å²) in [7, 11) is 0. The Morgan fingerprint density at radius 3 is 2.57 bits per heavy atom. The normalized spacial score (nSPS) is 22.0. The largest absolute Gasteiger partial charge is 0.478 e. The number of nitrogens with one attached hydrogen (secondary N) is 2. The molecule has 5 nitrogen and oxygen atoms in total. The number of carbonyl (C=O) groups is 2. The van der Waals surface area contributed by atoms with Gasteiger partial charge >= 0.3 is 12.1 Å². The van der Waals surface area contributed by atoms with Gasteiger partial charge in [0.2, 0.25) is 5.91 Å². The van der Waals surface area contributed by atoms with E-state index in [-0.39, 0.29) is 24.2 Å². The fourth-order valence-corrected chi connectivity index (χ4v) is 2.24. The molecule has 1 heterocycles. The lowest BCUT2D eigenvalue weighted by molar-refractivity contribution is -0.213. The third kappa shape index (κ3) is 2.85. The highest BCUT2D eigenvalue weighted by atomic mass is 19.4. The van der Waals surface area contributed by atoms with Crippen molar-refractivity contribution in [2.24, 2.45) is 5.41 Å². The molecule has 1 aromatic carbocycles. The predicted octanol–water partition coefficient (Wildman–Crippen LogP) is 1.87. The number of halogens is 3. The van der Waals surface area contributed by atoms with E-state index in [4.69, 9.17) is 5.11 Å². The van der Waals surface area contributed by atoms with Crippen molar-refractivity contribution < 1.29 is 27.9 Å². The standard InChI is InChI=1S/C13H13F3N2O3/c14-13(15,16)12(4-5-17-7-12)11(21)18-9-3-1-2-8(6-9)10(19)20/h1-3,6,17H,4-5,7H2,(H,18,21)(H,19,20). The van der Waals surface area contributed by atoms with Crippen LogP contribution in [0, 0.1) is 5.41 Å². The van der Waals surface area contributed by atoms with Gasteiger partial charge in [0, 0.05) is 12.2 Å². The Kier molecular flexibility index (Phi) is 3.91. The average Bonchev–Trinajstić information content (AvgIpc) is 2.89. The zero-order valence-electron chi connectivity index (χ0n) is 10.8. The molecule has 21 heavy (non-hydrogen) atoms. The highest BCUT2D eigenvalue weighted by Gasteiger charge is 2.61. The molecule has 8 heteroatoms. The quantitative estimate of drug-likeness (QED) is 0.796. The molecule has 114 valence electrons. The average molecular weight is 302 g/mol. The van der Waals surface area contributed by atoms with Gasteiger partial charge in [-0.15, -0.1) is 0 Å². The first-order chi connectivity index (χ1) is 9.76. The second kappa shape index (κ2) is 5.36. The summed E-state index contributed by atoms with van der Waals surface area (Å²) < 4.78 is 39.5. The smallest absolute Gasteiger partial charge is 0.404 e. The molecule has 0 bridgehead atoms. The lowest BCUT2D eigenvalue weighted by Gasteiger charge is -2.29. The van der Waals surface area contributed by atoms with Crippen LogP contribution < -0.4 is 10.6 Å². The molecule has 0 spiro atoms. The van der Waals surface area contributed by atoms with Crippen molar-refractivity contribution in [3.8, 4) is 0 Å². The van der Waals surface area contributed by atoms with Crippen molar-refractivity contribution in [3.05, 3.63) is 29.8 Å². The number of carboxylic acids is 1. The topological polar surface area (TPSA) is 78.4 Å². The molecule has 0 saturated carbocycles. The van der Waals surface area contributed by atoms with E-state index >= 15 is 0 Å². The predicted molar refractivity (Wildman–Crippen MR) is 68.0 cm³/mol. The first-order valence-corrected chi connectivity index (χ1v) is 6.18. The van der Waals surface area contributed by atoms with Gasteiger partial charge in [-0.1, -0.05) is 6.07 Å². The van der Waals surface area contributed by atoms with E-state index in [2.05, 4.69) is 10.6 Å². The molecule has 1 atom stereocenters. The zero-order chi connectivity index (χ0) is 15.7. The molecular weight excluding hydrogens is 289 g/mol. The summed E-state index contributed by atoms with van der Waals surface area (Å²) in [5.41, 5.74) is -2.57. The maximum absolute atomic E-state index is 13.2.